The molecule has 2 heterocycles. The molecule has 1 fully saturated rings. The lowest BCUT2D eigenvalue weighted by molar-refractivity contribution is -0.162. The molecule has 1 aromatic rings. The first-order chi connectivity index (χ1) is 9.51. The summed E-state index contributed by atoms with van der Waals surface area (Å²) < 4.78 is 5.57. The average Bonchev–Trinajstić information content (AvgIpc) is 2.45. The molecular formula is C14H19N3O3. The maximum absolute atomic E-state index is 12.3. The van der Waals surface area contributed by atoms with Crippen molar-refractivity contribution >= 4 is 11.8 Å². The van der Waals surface area contributed by atoms with Crippen LogP contribution in [0.1, 0.15) is 19.4 Å². The second-order valence-corrected chi connectivity index (χ2v) is 5.06. The normalized spacial score (nSPS) is 22.4. The summed E-state index contributed by atoms with van der Waals surface area (Å²) in [5, 5.41) is 2.83. The zero-order valence-electron chi connectivity index (χ0n) is 11.8. The summed E-state index contributed by atoms with van der Waals surface area (Å²) in [7, 11) is 0. The van der Waals surface area contributed by atoms with Gasteiger partial charge in [0.2, 0.25) is 5.91 Å². The molecule has 0 unspecified atom stereocenters. The van der Waals surface area contributed by atoms with E-state index in [2.05, 4.69) is 10.3 Å². The minimum absolute atomic E-state index is 0.0421. The van der Waals surface area contributed by atoms with Gasteiger partial charge in [-0.1, -0.05) is 6.07 Å². The predicted octanol–water partition coefficient (Wildman–Crippen LogP) is 0.335. The van der Waals surface area contributed by atoms with Crippen LogP contribution < -0.4 is 5.32 Å². The van der Waals surface area contributed by atoms with E-state index in [0.717, 1.165) is 5.56 Å². The van der Waals surface area contributed by atoms with Crippen LogP contribution in [0.15, 0.2) is 24.5 Å². The Kier molecular flexibility index (Phi) is 4.34. The standard InChI is InChI=1S/C14H19N3O3/c1-11(18)17-6-7-20-14(2,10-17)13(19)16-9-12-4-3-5-15-8-12/h3-5,8H,6-7,9-10H2,1-2H3,(H,16,19)/t14-/m0/s1. The van der Waals surface area contributed by atoms with Crippen LogP contribution in [0.25, 0.3) is 0 Å². The number of ether oxygens (including phenoxy) is 1. The molecule has 1 aliphatic rings. The third kappa shape index (κ3) is 3.33. The molecule has 0 saturated carbocycles. The highest BCUT2D eigenvalue weighted by atomic mass is 16.5. The van der Waals surface area contributed by atoms with Gasteiger partial charge < -0.3 is 15.0 Å². The van der Waals surface area contributed by atoms with Gasteiger partial charge in [0, 0.05) is 32.4 Å². The van der Waals surface area contributed by atoms with Gasteiger partial charge in [0.05, 0.1) is 13.2 Å². The van der Waals surface area contributed by atoms with Gasteiger partial charge in [-0.25, -0.2) is 0 Å². The first-order valence-electron chi connectivity index (χ1n) is 6.58. The monoisotopic (exact) mass is 277 g/mol. The number of morpholine rings is 1. The van der Waals surface area contributed by atoms with Crippen LogP contribution in [0.2, 0.25) is 0 Å². The van der Waals surface area contributed by atoms with Crippen molar-refractivity contribution in [2.24, 2.45) is 0 Å². The van der Waals surface area contributed by atoms with Crippen molar-refractivity contribution in [2.75, 3.05) is 19.7 Å². The SMILES string of the molecule is CC(=O)N1CCO[C@](C)(C(=O)NCc2cccnc2)C1. The predicted molar refractivity (Wildman–Crippen MR) is 72.7 cm³/mol. The molecule has 2 amide bonds. The fourth-order valence-electron chi connectivity index (χ4n) is 2.15. The van der Waals surface area contributed by atoms with Crippen LogP contribution in [0.5, 0.6) is 0 Å². The number of nitrogens with zero attached hydrogens (tertiary/aromatic N) is 2. The van der Waals surface area contributed by atoms with E-state index in [9.17, 15) is 9.59 Å². The van der Waals surface area contributed by atoms with Gasteiger partial charge in [-0.05, 0) is 18.6 Å². The maximum Gasteiger partial charge on any atom is 0.254 e. The molecule has 108 valence electrons. The minimum atomic E-state index is -0.994. The zero-order valence-corrected chi connectivity index (χ0v) is 11.8. The number of rotatable bonds is 3. The van der Waals surface area contributed by atoms with Crippen LogP contribution in [0.3, 0.4) is 0 Å². The number of hydrogen-bond acceptors (Lipinski definition) is 4. The summed E-state index contributed by atoms with van der Waals surface area (Å²) in [6.45, 7) is 4.78. The molecule has 0 aromatic carbocycles. The number of aromatic nitrogens is 1. The molecule has 0 bridgehead atoms. The van der Waals surface area contributed by atoms with Gasteiger partial charge in [-0.3, -0.25) is 14.6 Å². The van der Waals surface area contributed by atoms with E-state index in [4.69, 9.17) is 4.74 Å². The molecule has 0 spiro atoms. The summed E-state index contributed by atoms with van der Waals surface area (Å²) >= 11 is 0. The van der Waals surface area contributed by atoms with Crippen LogP contribution in [-0.2, 0) is 20.9 Å². The molecule has 20 heavy (non-hydrogen) atoms. The topological polar surface area (TPSA) is 71.5 Å². The number of pyridine rings is 1. The average molecular weight is 277 g/mol. The van der Waals surface area contributed by atoms with Crippen LogP contribution in [-0.4, -0.2) is 47.0 Å². The van der Waals surface area contributed by atoms with E-state index >= 15 is 0 Å². The maximum atomic E-state index is 12.3. The summed E-state index contributed by atoms with van der Waals surface area (Å²) in [5.41, 5.74) is -0.0738. The number of carbonyl (C=O) groups excluding carboxylic acids is 2. The zero-order chi connectivity index (χ0) is 14.6. The Bertz CT molecular complexity index is 492. The molecule has 6 nitrogen and oxygen atoms in total. The quantitative estimate of drug-likeness (QED) is 0.864. The Labute approximate surface area is 118 Å². The molecular weight excluding hydrogens is 258 g/mol. The van der Waals surface area contributed by atoms with E-state index in [1.54, 1.807) is 24.2 Å². The second-order valence-electron chi connectivity index (χ2n) is 5.06. The number of amides is 2. The third-order valence-corrected chi connectivity index (χ3v) is 3.38. The van der Waals surface area contributed by atoms with Crippen molar-refractivity contribution in [1.29, 1.82) is 0 Å². The first kappa shape index (κ1) is 14.5. The van der Waals surface area contributed by atoms with E-state index in [0.29, 0.717) is 19.7 Å². The molecule has 1 atom stereocenters. The van der Waals surface area contributed by atoms with Crippen LogP contribution in [0, 0.1) is 0 Å². The van der Waals surface area contributed by atoms with Crippen molar-refractivity contribution in [3.05, 3.63) is 30.1 Å². The number of carbonyl (C=O) groups is 2. The van der Waals surface area contributed by atoms with Gasteiger partial charge in [0.15, 0.2) is 5.60 Å². The summed E-state index contributed by atoms with van der Waals surface area (Å²) in [6.07, 6.45) is 3.38. The summed E-state index contributed by atoms with van der Waals surface area (Å²) in [5.74, 6) is -0.258. The van der Waals surface area contributed by atoms with Crippen molar-refractivity contribution in [1.82, 2.24) is 15.2 Å². The highest BCUT2D eigenvalue weighted by Gasteiger charge is 2.39. The lowest BCUT2D eigenvalue weighted by Gasteiger charge is -2.38. The Morgan fingerprint density at radius 2 is 2.35 bits per heavy atom. The minimum Gasteiger partial charge on any atom is -0.362 e. The number of nitrogens with one attached hydrogen (secondary N) is 1. The summed E-state index contributed by atoms with van der Waals surface area (Å²) in [6, 6.07) is 3.71. The first-order valence-corrected chi connectivity index (χ1v) is 6.58. The van der Waals surface area contributed by atoms with E-state index in [1.165, 1.54) is 6.92 Å². The van der Waals surface area contributed by atoms with E-state index < -0.39 is 5.60 Å². The number of hydrogen-bond donors (Lipinski definition) is 1. The Balaban J connectivity index is 1.95. The fourth-order valence-corrected chi connectivity index (χ4v) is 2.15. The molecule has 1 aliphatic heterocycles. The van der Waals surface area contributed by atoms with Crippen LogP contribution >= 0.6 is 0 Å². The smallest absolute Gasteiger partial charge is 0.254 e. The largest absolute Gasteiger partial charge is 0.362 e. The second kappa shape index (κ2) is 6.00. The highest BCUT2D eigenvalue weighted by molar-refractivity contribution is 5.86. The summed E-state index contributed by atoms with van der Waals surface area (Å²) in [4.78, 5) is 29.3. The van der Waals surface area contributed by atoms with Gasteiger partial charge in [-0.15, -0.1) is 0 Å². The Morgan fingerprint density at radius 1 is 1.55 bits per heavy atom. The molecule has 6 heteroatoms. The van der Waals surface area contributed by atoms with Gasteiger partial charge in [0.1, 0.15) is 0 Å². The van der Waals surface area contributed by atoms with E-state index in [-0.39, 0.29) is 18.4 Å². The Hall–Kier alpha value is -1.95. The van der Waals surface area contributed by atoms with Gasteiger partial charge in [-0.2, -0.15) is 0 Å². The van der Waals surface area contributed by atoms with Gasteiger partial charge in [0.25, 0.3) is 5.91 Å². The molecule has 1 N–H and O–H groups in total. The van der Waals surface area contributed by atoms with Crippen molar-refractivity contribution < 1.29 is 14.3 Å². The Morgan fingerprint density at radius 3 is 3.00 bits per heavy atom. The highest BCUT2D eigenvalue weighted by Crippen LogP contribution is 2.18. The fraction of sp³-hybridized carbons (Fsp3) is 0.500. The van der Waals surface area contributed by atoms with Crippen molar-refractivity contribution in [2.45, 2.75) is 26.0 Å². The molecule has 0 radical (unpaired) electrons. The molecule has 1 saturated heterocycles. The lowest BCUT2D eigenvalue weighted by atomic mass is 10.0. The third-order valence-electron chi connectivity index (χ3n) is 3.38. The molecule has 0 aliphatic carbocycles. The molecule has 2 rings (SSSR count). The van der Waals surface area contributed by atoms with Crippen molar-refractivity contribution in [3.8, 4) is 0 Å². The van der Waals surface area contributed by atoms with Crippen LogP contribution in [0.4, 0.5) is 0 Å². The van der Waals surface area contributed by atoms with Gasteiger partial charge >= 0.3 is 0 Å². The lowest BCUT2D eigenvalue weighted by Crippen LogP contribution is -2.58. The van der Waals surface area contributed by atoms with E-state index in [1.807, 2.05) is 12.1 Å². The molecule has 1 aromatic heterocycles. The van der Waals surface area contributed by atoms with Crippen molar-refractivity contribution in [3.63, 3.8) is 0 Å².